The predicted octanol–water partition coefficient (Wildman–Crippen LogP) is 6.91. The molecular formula is C28H44O4Si. The molecule has 1 aromatic carbocycles. The number of carbonyl (C=O) groups is 1. The fourth-order valence-corrected chi connectivity index (χ4v) is 5.55. The van der Waals surface area contributed by atoms with Gasteiger partial charge in [0.1, 0.15) is 0 Å². The number of aliphatic hydroxyl groups is 1. The maximum absolute atomic E-state index is 10.6. The zero-order chi connectivity index (χ0) is 24.5. The third kappa shape index (κ3) is 9.23. The maximum atomic E-state index is 10.6. The molecule has 1 aliphatic carbocycles. The zero-order valence-corrected chi connectivity index (χ0v) is 22.2. The average Bonchev–Trinajstić information content (AvgIpc) is 3.08. The van der Waals surface area contributed by atoms with Crippen LogP contribution in [0.1, 0.15) is 71.3 Å². The topological polar surface area (TPSA) is 66.8 Å². The van der Waals surface area contributed by atoms with E-state index >= 15 is 0 Å². The lowest BCUT2D eigenvalue weighted by atomic mass is 9.90. The fraction of sp³-hybridized carbons (Fsp3) is 0.607. The normalized spacial score (nSPS) is 20.2. The third-order valence-corrected chi connectivity index (χ3v) is 11.7. The molecule has 0 radical (unpaired) electrons. The molecule has 0 heterocycles. The van der Waals surface area contributed by atoms with Crippen molar-refractivity contribution < 1.29 is 19.4 Å². The van der Waals surface area contributed by atoms with Crippen molar-refractivity contribution in [3.8, 4) is 0 Å². The number of rotatable bonds is 13. The summed E-state index contributed by atoms with van der Waals surface area (Å²) in [6, 6.07) is 10.6. The number of benzene rings is 1. The molecule has 0 aliphatic heterocycles. The van der Waals surface area contributed by atoms with Gasteiger partial charge in [-0.2, -0.15) is 0 Å². The summed E-state index contributed by atoms with van der Waals surface area (Å²) in [5, 5.41) is 19.5. The van der Waals surface area contributed by atoms with E-state index < -0.39 is 14.3 Å². The lowest BCUT2D eigenvalue weighted by Gasteiger charge is -2.39. The van der Waals surface area contributed by atoms with Gasteiger partial charge in [0.15, 0.2) is 8.32 Å². The lowest BCUT2D eigenvalue weighted by molar-refractivity contribution is -0.137. The number of carboxylic acid groups (broad SMARTS) is 1. The molecule has 4 nitrogen and oxygen atoms in total. The second-order valence-corrected chi connectivity index (χ2v) is 15.7. The highest BCUT2D eigenvalue weighted by Gasteiger charge is 2.39. The van der Waals surface area contributed by atoms with E-state index in [0.29, 0.717) is 6.42 Å². The van der Waals surface area contributed by atoms with Crippen LogP contribution in [0.4, 0.5) is 0 Å². The summed E-state index contributed by atoms with van der Waals surface area (Å²) in [5.41, 5.74) is 2.65. The van der Waals surface area contributed by atoms with Gasteiger partial charge >= 0.3 is 5.97 Å². The van der Waals surface area contributed by atoms with Crippen LogP contribution in [0.2, 0.25) is 18.1 Å². The van der Waals surface area contributed by atoms with Gasteiger partial charge in [-0.15, -0.1) is 0 Å². The van der Waals surface area contributed by atoms with Gasteiger partial charge < -0.3 is 14.6 Å². The summed E-state index contributed by atoms with van der Waals surface area (Å²) in [6.45, 7) is 11.5. The fourth-order valence-electron chi connectivity index (χ4n) is 4.16. The Bertz CT molecular complexity index is 792. The molecule has 0 saturated heterocycles. The van der Waals surface area contributed by atoms with Crippen molar-refractivity contribution in [3.63, 3.8) is 0 Å². The third-order valence-electron chi connectivity index (χ3n) is 7.21. The van der Waals surface area contributed by atoms with Crippen molar-refractivity contribution in [2.24, 2.45) is 5.92 Å². The highest BCUT2D eigenvalue weighted by atomic mass is 28.4. The quantitative estimate of drug-likeness (QED) is 0.186. The van der Waals surface area contributed by atoms with Crippen LogP contribution < -0.4 is 0 Å². The second-order valence-electron chi connectivity index (χ2n) is 10.9. The molecule has 2 rings (SSSR count). The van der Waals surface area contributed by atoms with E-state index in [1.807, 2.05) is 0 Å². The Morgan fingerprint density at radius 3 is 2.55 bits per heavy atom. The molecule has 184 valence electrons. The smallest absolute Gasteiger partial charge is 0.303 e. The van der Waals surface area contributed by atoms with Crippen LogP contribution in [0.5, 0.6) is 0 Å². The molecule has 0 unspecified atom stereocenters. The average molecular weight is 473 g/mol. The molecule has 0 bridgehead atoms. The molecule has 3 atom stereocenters. The number of allylic oxidation sites excluding steroid dienone is 2. The van der Waals surface area contributed by atoms with Crippen LogP contribution in [0.3, 0.4) is 0 Å². The Morgan fingerprint density at radius 2 is 1.91 bits per heavy atom. The van der Waals surface area contributed by atoms with Crippen LogP contribution in [0, 0.1) is 5.92 Å². The van der Waals surface area contributed by atoms with E-state index in [4.69, 9.17) is 9.53 Å². The minimum Gasteiger partial charge on any atom is -0.481 e. The van der Waals surface area contributed by atoms with E-state index in [1.54, 1.807) is 0 Å². The van der Waals surface area contributed by atoms with Crippen LogP contribution in [0.25, 0.3) is 0 Å². The van der Waals surface area contributed by atoms with Gasteiger partial charge in [0.2, 0.25) is 0 Å². The summed E-state index contributed by atoms with van der Waals surface area (Å²) in [4.78, 5) is 10.6. The lowest BCUT2D eigenvalue weighted by Crippen LogP contribution is -2.44. The zero-order valence-electron chi connectivity index (χ0n) is 21.2. The molecule has 5 heteroatoms. The van der Waals surface area contributed by atoms with Crippen molar-refractivity contribution in [1.82, 2.24) is 0 Å². The monoisotopic (exact) mass is 472 g/mol. The standard InChI is InChI=1S/C28H44O4Si/c1-28(2,3)33(4,5)32-24(21-22-13-9-8-10-14-22)19-17-23-18-20-26(29)25(23)15-11-6-7-12-16-27(30)31/h6,8-11,13-14,18,24-26,29H,7,12,15-17,19-21H2,1-5H3,(H,30,31)/b11-6-/t24-,25+,26-/m0/s1. The van der Waals surface area contributed by atoms with Gasteiger partial charge in [-0.3, -0.25) is 4.79 Å². The van der Waals surface area contributed by atoms with Gasteiger partial charge in [0.25, 0.3) is 0 Å². The van der Waals surface area contributed by atoms with E-state index in [9.17, 15) is 9.90 Å². The maximum Gasteiger partial charge on any atom is 0.303 e. The first kappa shape index (κ1) is 27.6. The number of aliphatic carboxylic acids is 1. The Morgan fingerprint density at radius 1 is 1.21 bits per heavy atom. The Labute approximate surface area is 201 Å². The molecule has 0 amide bonds. The van der Waals surface area contributed by atoms with Gasteiger partial charge in [-0.05, 0) is 68.6 Å². The molecule has 1 aromatic rings. The van der Waals surface area contributed by atoms with Crippen molar-refractivity contribution in [2.45, 2.75) is 102 Å². The number of hydrogen-bond acceptors (Lipinski definition) is 3. The highest BCUT2D eigenvalue weighted by molar-refractivity contribution is 6.74. The Hall–Kier alpha value is -1.69. The molecule has 33 heavy (non-hydrogen) atoms. The number of hydrogen-bond donors (Lipinski definition) is 2. The van der Waals surface area contributed by atoms with Crippen LogP contribution in [-0.2, 0) is 15.6 Å². The summed E-state index contributed by atoms with van der Waals surface area (Å²) in [7, 11) is -1.89. The van der Waals surface area contributed by atoms with E-state index in [1.165, 1.54) is 11.1 Å². The van der Waals surface area contributed by atoms with E-state index in [2.05, 4.69) is 82.4 Å². The van der Waals surface area contributed by atoms with Gasteiger partial charge in [-0.1, -0.05) is 74.9 Å². The van der Waals surface area contributed by atoms with Crippen LogP contribution >= 0.6 is 0 Å². The van der Waals surface area contributed by atoms with Crippen LogP contribution in [-0.4, -0.2) is 36.7 Å². The van der Waals surface area contributed by atoms with E-state index in [-0.39, 0.29) is 29.6 Å². The Kier molecular flexibility index (Phi) is 10.6. The molecule has 1 aliphatic rings. The number of unbranched alkanes of at least 4 members (excludes halogenated alkanes) is 1. The van der Waals surface area contributed by atoms with Gasteiger partial charge in [0, 0.05) is 18.4 Å². The molecule has 2 N–H and O–H groups in total. The van der Waals surface area contributed by atoms with Crippen molar-refractivity contribution >= 4 is 14.3 Å². The number of aliphatic hydroxyl groups excluding tert-OH is 1. The summed E-state index contributed by atoms with van der Waals surface area (Å²) >= 11 is 0. The first-order valence-electron chi connectivity index (χ1n) is 12.4. The minimum absolute atomic E-state index is 0.158. The summed E-state index contributed by atoms with van der Waals surface area (Å²) < 4.78 is 6.86. The summed E-state index contributed by atoms with van der Waals surface area (Å²) in [6.07, 6.45) is 12.2. The Balaban J connectivity index is 1.98. The SMILES string of the molecule is CC(C)(C)[Si](C)(C)O[C@@H](CCC1=CC[C@H](O)[C@@H]1C/C=C\CCCC(=O)O)Cc1ccccc1. The summed E-state index contributed by atoms with van der Waals surface area (Å²) in [5.74, 6) is -0.587. The largest absolute Gasteiger partial charge is 0.481 e. The molecular weight excluding hydrogens is 428 g/mol. The first-order chi connectivity index (χ1) is 15.5. The van der Waals surface area contributed by atoms with Crippen molar-refractivity contribution in [2.75, 3.05) is 0 Å². The second kappa shape index (κ2) is 12.7. The molecule has 0 fully saturated rings. The minimum atomic E-state index is -1.89. The van der Waals surface area contributed by atoms with Gasteiger partial charge in [0.05, 0.1) is 6.10 Å². The first-order valence-corrected chi connectivity index (χ1v) is 15.4. The number of carboxylic acids is 1. The highest BCUT2D eigenvalue weighted by Crippen LogP contribution is 2.39. The van der Waals surface area contributed by atoms with E-state index in [0.717, 1.165) is 38.5 Å². The van der Waals surface area contributed by atoms with Crippen molar-refractivity contribution in [1.29, 1.82) is 0 Å². The van der Waals surface area contributed by atoms with Crippen LogP contribution in [0.15, 0.2) is 54.1 Å². The molecule has 0 aromatic heterocycles. The predicted molar refractivity (Wildman–Crippen MR) is 139 cm³/mol. The van der Waals surface area contributed by atoms with Gasteiger partial charge in [-0.25, -0.2) is 0 Å². The molecule has 0 spiro atoms. The molecule has 0 saturated carbocycles. The van der Waals surface area contributed by atoms with Crippen molar-refractivity contribution in [3.05, 3.63) is 59.7 Å².